The third-order valence-corrected chi connectivity index (χ3v) is 4.97. The molecule has 0 N–H and O–H groups in total. The fourth-order valence-corrected chi connectivity index (χ4v) is 3.51. The molecule has 0 saturated heterocycles. The Bertz CT molecular complexity index is 909. The van der Waals surface area contributed by atoms with E-state index in [1.165, 1.54) is 11.3 Å². The van der Waals surface area contributed by atoms with Crippen molar-refractivity contribution in [2.45, 2.75) is 26.0 Å². The molecule has 0 unspecified atom stereocenters. The van der Waals surface area contributed by atoms with Crippen molar-refractivity contribution in [2.24, 2.45) is 0 Å². The highest BCUT2D eigenvalue weighted by molar-refractivity contribution is 7.13. The van der Waals surface area contributed by atoms with E-state index in [0.29, 0.717) is 29.8 Å². The predicted molar refractivity (Wildman–Crippen MR) is 99.7 cm³/mol. The Morgan fingerprint density at radius 3 is 2.85 bits per heavy atom. The zero-order valence-corrected chi connectivity index (χ0v) is 15.6. The Labute approximate surface area is 160 Å². The predicted octanol–water partition coefficient (Wildman–Crippen LogP) is 3.38. The normalized spacial score (nSPS) is 15.5. The summed E-state index contributed by atoms with van der Waals surface area (Å²) >= 11 is 1.53. The first kappa shape index (κ1) is 17.5. The third-order valence-electron chi connectivity index (χ3n) is 4.11. The summed E-state index contributed by atoms with van der Waals surface area (Å²) in [6.07, 6.45) is 0.119. The van der Waals surface area contributed by atoms with Crippen LogP contribution in [-0.2, 0) is 11.3 Å². The van der Waals surface area contributed by atoms with Gasteiger partial charge < -0.3 is 18.8 Å². The van der Waals surface area contributed by atoms with Gasteiger partial charge in [0.25, 0.3) is 11.8 Å². The molecule has 0 aliphatic carbocycles. The maximum absolute atomic E-state index is 13.0. The van der Waals surface area contributed by atoms with Gasteiger partial charge in [-0.05, 0) is 30.0 Å². The van der Waals surface area contributed by atoms with Crippen molar-refractivity contribution in [3.63, 3.8) is 0 Å². The lowest BCUT2D eigenvalue weighted by Crippen LogP contribution is -2.46. The minimum Gasteiger partial charge on any atom is -0.485 e. The minimum absolute atomic E-state index is 0.151. The number of amides is 1. The van der Waals surface area contributed by atoms with Gasteiger partial charge in [0, 0.05) is 6.54 Å². The second kappa shape index (κ2) is 7.79. The lowest BCUT2D eigenvalue weighted by molar-refractivity contribution is -0.142. The minimum atomic E-state index is -0.689. The fraction of sp³-hybridized carbons (Fsp3) is 0.316. The molecule has 1 amide bonds. The number of thiophene rings is 1. The number of carbonyl (C=O) groups excluding carboxylic acids is 1. The van der Waals surface area contributed by atoms with Crippen LogP contribution >= 0.6 is 11.3 Å². The number of nitrogens with zero attached hydrogens (tertiary/aromatic N) is 3. The summed E-state index contributed by atoms with van der Waals surface area (Å²) in [6.45, 7) is 3.00. The first-order valence-corrected chi connectivity index (χ1v) is 9.66. The topological polar surface area (TPSA) is 77.7 Å². The number of benzene rings is 1. The number of para-hydroxylation sites is 2. The highest BCUT2D eigenvalue weighted by atomic mass is 32.1. The zero-order chi connectivity index (χ0) is 18.6. The number of hydrogen-bond acceptors (Lipinski definition) is 7. The average Bonchev–Trinajstić information content (AvgIpc) is 3.38. The molecule has 0 bridgehead atoms. The summed E-state index contributed by atoms with van der Waals surface area (Å²) in [5.74, 6) is 1.95. The summed E-state index contributed by atoms with van der Waals surface area (Å²) in [5.41, 5.74) is 0. The molecule has 140 valence electrons. The maximum atomic E-state index is 13.0. The van der Waals surface area contributed by atoms with Crippen molar-refractivity contribution in [1.82, 2.24) is 15.1 Å². The van der Waals surface area contributed by atoms with Gasteiger partial charge in [0.05, 0.1) is 11.4 Å². The quantitative estimate of drug-likeness (QED) is 0.647. The molecule has 3 heterocycles. The summed E-state index contributed by atoms with van der Waals surface area (Å²) < 4.78 is 17.2. The molecule has 1 aromatic carbocycles. The maximum Gasteiger partial charge on any atom is 0.267 e. The van der Waals surface area contributed by atoms with E-state index in [-0.39, 0.29) is 19.1 Å². The molecule has 1 atom stereocenters. The Morgan fingerprint density at radius 2 is 2.07 bits per heavy atom. The van der Waals surface area contributed by atoms with Gasteiger partial charge in [0.2, 0.25) is 12.0 Å². The first-order chi connectivity index (χ1) is 13.2. The van der Waals surface area contributed by atoms with Gasteiger partial charge in [-0.25, -0.2) is 0 Å². The van der Waals surface area contributed by atoms with Crippen LogP contribution in [0.25, 0.3) is 10.8 Å². The average molecular weight is 385 g/mol. The van der Waals surface area contributed by atoms with Crippen molar-refractivity contribution in [3.05, 3.63) is 47.7 Å². The molecular formula is C19H19N3O4S. The fourth-order valence-electron chi connectivity index (χ4n) is 2.86. The molecule has 27 heavy (non-hydrogen) atoms. The highest BCUT2D eigenvalue weighted by Gasteiger charge is 2.31. The van der Waals surface area contributed by atoms with Gasteiger partial charge in [-0.15, -0.1) is 21.5 Å². The standard InChI is InChI=1S/C19H19N3O4S/c1-2-9-22(11-17-20-21-18(26-17)16-8-5-10-27-16)19(23)15-12-24-13-6-3-4-7-14(13)25-15/h3-8,10,15H,2,9,11-12H2,1H3/t15-/m1/s1. The van der Waals surface area contributed by atoms with E-state index >= 15 is 0 Å². The smallest absolute Gasteiger partial charge is 0.267 e. The second-order valence-corrected chi connectivity index (χ2v) is 7.05. The summed E-state index contributed by atoms with van der Waals surface area (Å²) in [7, 11) is 0. The molecule has 0 radical (unpaired) electrons. The third kappa shape index (κ3) is 3.80. The van der Waals surface area contributed by atoms with E-state index in [2.05, 4.69) is 10.2 Å². The summed E-state index contributed by atoms with van der Waals surface area (Å²) in [5, 5.41) is 10.1. The van der Waals surface area contributed by atoms with Gasteiger partial charge in [-0.1, -0.05) is 25.1 Å². The van der Waals surface area contributed by atoms with Crippen molar-refractivity contribution < 1.29 is 18.7 Å². The molecule has 0 fully saturated rings. The van der Waals surface area contributed by atoms with E-state index < -0.39 is 6.10 Å². The summed E-state index contributed by atoms with van der Waals surface area (Å²) in [4.78, 5) is 15.6. The Morgan fingerprint density at radius 1 is 1.22 bits per heavy atom. The molecule has 4 rings (SSSR count). The van der Waals surface area contributed by atoms with Crippen LogP contribution in [0.15, 0.2) is 46.2 Å². The number of hydrogen-bond donors (Lipinski definition) is 0. The Hall–Kier alpha value is -2.87. The van der Waals surface area contributed by atoms with Crippen LogP contribution in [0.3, 0.4) is 0 Å². The van der Waals surface area contributed by atoms with Gasteiger partial charge in [0.1, 0.15) is 6.61 Å². The molecule has 8 heteroatoms. The molecule has 0 spiro atoms. The van der Waals surface area contributed by atoms with E-state index in [1.807, 2.05) is 42.6 Å². The number of ether oxygens (including phenoxy) is 2. The van der Waals surface area contributed by atoms with Crippen LogP contribution in [-0.4, -0.2) is 40.3 Å². The van der Waals surface area contributed by atoms with E-state index in [0.717, 1.165) is 11.3 Å². The Balaban J connectivity index is 1.47. The second-order valence-electron chi connectivity index (χ2n) is 6.10. The van der Waals surface area contributed by atoms with Gasteiger partial charge in [-0.2, -0.15) is 0 Å². The zero-order valence-electron chi connectivity index (χ0n) is 14.8. The first-order valence-electron chi connectivity index (χ1n) is 8.78. The van der Waals surface area contributed by atoms with E-state index in [9.17, 15) is 4.79 Å². The molecule has 7 nitrogen and oxygen atoms in total. The number of fused-ring (bicyclic) bond motifs is 1. The molecular weight excluding hydrogens is 366 g/mol. The van der Waals surface area contributed by atoms with Crippen LogP contribution in [0.4, 0.5) is 0 Å². The lowest BCUT2D eigenvalue weighted by Gasteiger charge is -2.30. The molecule has 0 saturated carbocycles. The lowest BCUT2D eigenvalue weighted by atomic mass is 10.2. The number of rotatable bonds is 6. The molecule has 2 aromatic heterocycles. The number of carbonyl (C=O) groups is 1. The van der Waals surface area contributed by atoms with Crippen LogP contribution < -0.4 is 9.47 Å². The largest absolute Gasteiger partial charge is 0.485 e. The van der Waals surface area contributed by atoms with Crippen LogP contribution in [0, 0.1) is 0 Å². The van der Waals surface area contributed by atoms with Crippen LogP contribution in [0.2, 0.25) is 0 Å². The van der Waals surface area contributed by atoms with Crippen molar-refractivity contribution >= 4 is 17.2 Å². The van der Waals surface area contributed by atoms with Crippen LogP contribution in [0.5, 0.6) is 11.5 Å². The Kier molecular flexibility index (Phi) is 5.06. The van der Waals surface area contributed by atoms with Crippen molar-refractivity contribution in [1.29, 1.82) is 0 Å². The van der Waals surface area contributed by atoms with E-state index in [4.69, 9.17) is 13.9 Å². The van der Waals surface area contributed by atoms with E-state index in [1.54, 1.807) is 11.0 Å². The van der Waals surface area contributed by atoms with Crippen molar-refractivity contribution in [2.75, 3.05) is 13.2 Å². The van der Waals surface area contributed by atoms with Crippen LogP contribution in [0.1, 0.15) is 19.2 Å². The summed E-state index contributed by atoms with van der Waals surface area (Å²) in [6, 6.07) is 11.2. The monoisotopic (exact) mass is 385 g/mol. The number of aromatic nitrogens is 2. The van der Waals surface area contributed by atoms with Crippen molar-refractivity contribution in [3.8, 4) is 22.3 Å². The SMILES string of the molecule is CCCN(Cc1nnc(-c2cccs2)o1)C(=O)[C@H]1COc2ccccc2O1. The van der Waals surface area contributed by atoms with Gasteiger partial charge in [0.15, 0.2) is 11.5 Å². The van der Waals surface area contributed by atoms with Gasteiger partial charge in [-0.3, -0.25) is 4.79 Å². The molecule has 3 aromatic rings. The molecule has 1 aliphatic rings. The molecule has 1 aliphatic heterocycles. The van der Waals surface area contributed by atoms with Gasteiger partial charge >= 0.3 is 0 Å². The highest BCUT2D eigenvalue weighted by Crippen LogP contribution is 2.31.